The summed E-state index contributed by atoms with van der Waals surface area (Å²) in [7, 11) is 0. The second kappa shape index (κ2) is 7.19. The van der Waals surface area contributed by atoms with Gasteiger partial charge in [-0.2, -0.15) is 10.1 Å². The Balaban J connectivity index is 1.82. The van der Waals surface area contributed by atoms with E-state index in [4.69, 9.17) is 0 Å². The van der Waals surface area contributed by atoms with Crippen LogP contribution in [0, 0.1) is 5.82 Å². The first-order valence-corrected chi connectivity index (χ1v) is 8.87. The van der Waals surface area contributed by atoms with Crippen LogP contribution >= 0.6 is 0 Å². The first kappa shape index (κ1) is 17.8. The largest absolute Gasteiger partial charge is 0.493 e. The zero-order valence-corrected chi connectivity index (χ0v) is 15.1. The zero-order chi connectivity index (χ0) is 19.7. The van der Waals surface area contributed by atoms with Crippen molar-refractivity contribution in [3.05, 3.63) is 71.7 Å². The third-order valence-corrected chi connectivity index (χ3v) is 4.54. The standard InChI is InChI=1S/C21H17FN4O2/c1-2-18(27)15-11-23-20(24-21(15)28)19-14-8-4-6-10-17(14)26(25-19)12-13-7-3-5-9-16(13)22/h3-11H,2,12H2,1H3,(H,23,24,28). The Labute approximate surface area is 160 Å². The fourth-order valence-electron chi connectivity index (χ4n) is 3.08. The van der Waals surface area contributed by atoms with Crippen molar-refractivity contribution in [3.63, 3.8) is 0 Å². The molecular weight excluding hydrogens is 359 g/mol. The number of aromatic hydroxyl groups is 1. The number of hydrogen-bond donors (Lipinski definition) is 1. The van der Waals surface area contributed by atoms with E-state index in [1.165, 1.54) is 12.3 Å². The van der Waals surface area contributed by atoms with Gasteiger partial charge in [0, 0.05) is 23.6 Å². The molecule has 2 heterocycles. The summed E-state index contributed by atoms with van der Waals surface area (Å²) in [6.45, 7) is 1.94. The van der Waals surface area contributed by atoms with Crippen molar-refractivity contribution in [1.29, 1.82) is 0 Å². The van der Waals surface area contributed by atoms with Gasteiger partial charge in [-0.3, -0.25) is 9.48 Å². The number of rotatable bonds is 5. The van der Waals surface area contributed by atoms with Gasteiger partial charge < -0.3 is 5.11 Å². The van der Waals surface area contributed by atoms with Crippen molar-refractivity contribution in [1.82, 2.24) is 19.7 Å². The molecule has 0 atom stereocenters. The maximum atomic E-state index is 14.1. The summed E-state index contributed by atoms with van der Waals surface area (Å²) in [5.41, 5.74) is 1.84. The number of halogens is 1. The van der Waals surface area contributed by atoms with Crippen molar-refractivity contribution in [2.45, 2.75) is 19.9 Å². The van der Waals surface area contributed by atoms with Crippen molar-refractivity contribution < 1.29 is 14.3 Å². The van der Waals surface area contributed by atoms with E-state index in [9.17, 15) is 14.3 Å². The van der Waals surface area contributed by atoms with Gasteiger partial charge in [0.25, 0.3) is 0 Å². The fourth-order valence-corrected chi connectivity index (χ4v) is 3.08. The zero-order valence-electron chi connectivity index (χ0n) is 15.1. The Kier molecular flexibility index (Phi) is 4.57. The van der Waals surface area contributed by atoms with Crippen LogP contribution in [0.3, 0.4) is 0 Å². The maximum absolute atomic E-state index is 14.1. The maximum Gasteiger partial charge on any atom is 0.225 e. The summed E-state index contributed by atoms with van der Waals surface area (Å²) in [5.74, 6) is -0.711. The van der Waals surface area contributed by atoms with Crippen LogP contribution in [0.25, 0.3) is 22.4 Å². The van der Waals surface area contributed by atoms with Crippen LogP contribution in [0.15, 0.2) is 54.7 Å². The van der Waals surface area contributed by atoms with Gasteiger partial charge in [-0.25, -0.2) is 9.37 Å². The third-order valence-electron chi connectivity index (χ3n) is 4.54. The van der Waals surface area contributed by atoms with Crippen LogP contribution in [0.5, 0.6) is 5.88 Å². The number of carbonyl (C=O) groups is 1. The molecule has 0 aliphatic carbocycles. The van der Waals surface area contributed by atoms with Gasteiger partial charge in [0.2, 0.25) is 5.88 Å². The van der Waals surface area contributed by atoms with Crippen LogP contribution < -0.4 is 0 Å². The van der Waals surface area contributed by atoms with Crippen molar-refractivity contribution in [2.24, 2.45) is 0 Å². The van der Waals surface area contributed by atoms with Crippen LogP contribution in [0.4, 0.5) is 4.39 Å². The molecule has 0 bridgehead atoms. The van der Waals surface area contributed by atoms with E-state index in [1.807, 2.05) is 24.3 Å². The number of aromatic nitrogens is 4. The molecule has 7 heteroatoms. The normalized spacial score (nSPS) is 11.1. The molecule has 28 heavy (non-hydrogen) atoms. The van der Waals surface area contributed by atoms with Crippen LogP contribution in [0.2, 0.25) is 0 Å². The SMILES string of the molecule is CCC(=O)c1cnc(-c2nn(Cc3ccccc3F)c3ccccc23)nc1O. The second-order valence-electron chi connectivity index (χ2n) is 6.32. The molecule has 0 amide bonds. The molecule has 0 saturated carbocycles. The van der Waals surface area contributed by atoms with E-state index in [-0.39, 0.29) is 41.8 Å². The topological polar surface area (TPSA) is 80.9 Å². The summed E-state index contributed by atoms with van der Waals surface area (Å²) in [4.78, 5) is 20.1. The van der Waals surface area contributed by atoms with Crippen LogP contribution in [0.1, 0.15) is 29.3 Å². The monoisotopic (exact) mass is 376 g/mol. The van der Waals surface area contributed by atoms with E-state index < -0.39 is 0 Å². The summed E-state index contributed by atoms with van der Waals surface area (Å²) in [5, 5.41) is 15.5. The number of Topliss-reactive ketones (excluding diaryl/α,β-unsaturated/α-hetero) is 1. The van der Waals surface area contributed by atoms with Gasteiger partial charge in [0.15, 0.2) is 11.6 Å². The van der Waals surface area contributed by atoms with Crippen LogP contribution in [-0.2, 0) is 6.54 Å². The van der Waals surface area contributed by atoms with Crippen molar-refractivity contribution in [3.8, 4) is 17.4 Å². The van der Waals surface area contributed by atoms with E-state index >= 15 is 0 Å². The molecule has 0 saturated heterocycles. The van der Waals surface area contributed by atoms with Gasteiger partial charge in [-0.05, 0) is 12.1 Å². The molecule has 2 aromatic heterocycles. The van der Waals surface area contributed by atoms with E-state index in [0.717, 1.165) is 10.9 Å². The van der Waals surface area contributed by atoms with Gasteiger partial charge >= 0.3 is 0 Å². The molecule has 0 unspecified atom stereocenters. The summed E-state index contributed by atoms with van der Waals surface area (Å²) in [6.07, 6.45) is 1.56. The molecule has 0 aliphatic heterocycles. The van der Waals surface area contributed by atoms with Gasteiger partial charge in [0.1, 0.15) is 11.5 Å². The Morgan fingerprint density at radius 1 is 1.14 bits per heavy atom. The molecule has 140 valence electrons. The lowest BCUT2D eigenvalue weighted by Gasteiger charge is -2.05. The molecule has 4 aromatic rings. The van der Waals surface area contributed by atoms with Crippen LogP contribution in [-0.4, -0.2) is 30.6 Å². The summed E-state index contributed by atoms with van der Waals surface area (Å²) in [6, 6.07) is 14.0. The third kappa shape index (κ3) is 3.11. The van der Waals surface area contributed by atoms with Gasteiger partial charge in [-0.1, -0.05) is 43.3 Å². The lowest BCUT2D eigenvalue weighted by Crippen LogP contribution is -2.04. The minimum atomic E-state index is -0.371. The fraction of sp³-hybridized carbons (Fsp3) is 0.143. The predicted molar refractivity (Wildman–Crippen MR) is 103 cm³/mol. The van der Waals surface area contributed by atoms with E-state index in [0.29, 0.717) is 11.3 Å². The molecular formula is C21H17FN4O2. The number of benzene rings is 2. The average Bonchev–Trinajstić information content (AvgIpc) is 3.08. The van der Waals surface area contributed by atoms with Crippen molar-refractivity contribution in [2.75, 3.05) is 0 Å². The number of hydrogen-bond acceptors (Lipinski definition) is 5. The number of ketones is 1. The second-order valence-corrected chi connectivity index (χ2v) is 6.32. The molecule has 0 aliphatic rings. The number of carbonyl (C=O) groups excluding carboxylic acids is 1. The quantitative estimate of drug-likeness (QED) is 0.533. The smallest absolute Gasteiger partial charge is 0.225 e. The summed E-state index contributed by atoms with van der Waals surface area (Å²) >= 11 is 0. The minimum Gasteiger partial charge on any atom is -0.493 e. The molecule has 2 aromatic carbocycles. The Morgan fingerprint density at radius 2 is 1.89 bits per heavy atom. The Hall–Kier alpha value is -3.61. The van der Waals surface area contributed by atoms with E-state index in [2.05, 4.69) is 15.1 Å². The van der Waals surface area contributed by atoms with Crippen molar-refractivity contribution >= 4 is 16.7 Å². The average molecular weight is 376 g/mol. The highest BCUT2D eigenvalue weighted by molar-refractivity contribution is 5.98. The molecule has 0 radical (unpaired) electrons. The molecule has 1 N–H and O–H groups in total. The Bertz CT molecular complexity index is 1190. The van der Waals surface area contributed by atoms with Gasteiger partial charge in [-0.15, -0.1) is 0 Å². The molecule has 6 nitrogen and oxygen atoms in total. The number of para-hydroxylation sites is 1. The molecule has 4 rings (SSSR count). The lowest BCUT2D eigenvalue weighted by molar-refractivity contribution is 0.0984. The molecule has 0 spiro atoms. The lowest BCUT2D eigenvalue weighted by atomic mass is 10.1. The molecule has 0 fully saturated rings. The predicted octanol–water partition coefficient (Wildman–Crippen LogP) is 3.98. The summed E-state index contributed by atoms with van der Waals surface area (Å²) < 4.78 is 15.8. The highest BCUT2D eigenvalue weighted by Gasteiger charge is 2.18. The van der Waals surface area contributed by atoms with Gasteiger partial charge in [0.05, 0.1) is 17.6 Å². The number of nitrogens with zero attached hydrogens (tertiary/aromatic N) is 4. The first-order chi connectivity index (χ1) is 13.6. The highest BCUT2D eigenvalue weighted by Crippen LogP contribution is 2.28. The number of fused-ring (bicyclic) bond motifs is 1. The Morgan fingerprint density at radius 3 is 2.64 bits per heavy atom. The highest BCUT2D eigenvalue weighted by atomic mass is 19.1. The first-order valence-electron chi connectivity index (χ1n) is 8.87. The van der Waals surface area contributed by atoms with E-state index in [1.54, 1.807) is 29.8 Å². The minimum absolute atomic E-state index is 0.0846.